The molecule has 144 valence electrons. The van der Waals surface area contributed by atoms with E-state index in [1.54, 1.807) is 0 Å². The fraction of sp³-hybridized carbons (Fsp3) is 0.333. The average molecular weight is 378 g/mol. The number of hydrogen-bond acceptors (Lipinski definition) is 5. The Morgan fingerprint density at radius 3 is 2.75 bits per heavy atom. The Kier molecular flexibility index (Phi) is 4.16. The highest BCUT2D eigenvalue weighted by molar-refractivity contribution is 5.94. The van der Waals surface area contributed by atoms with Gasteiger partial charge in [0.25, 0.3) is 5.91 Å². The molecule has 5 rings (SSSR count). The highest BCUT2D eigenvalue weighted by Gasteiger charge is 2.26. The number of carbonyl (C=O) groups excluding carboxylic acids is 1. The fourth-order valence-electron chi connectivity index (χ4n) is 3.93. The summed E-state index contributed by atoms with van der Waals surface area (Å²) in [5, 5.41) is 0. The van der Waals surface area contributed by atoms with Crippen molar-refractivity contribution in [1.82, 2.24) is 19.2 Å². The molecule has 7 nitrogen and oxygen atoms in total. The third-order valence-electron chi connectivity index (χ3n) is 5.41. The number of imidazole rings is 1. The first kappa shape index (κ1) is 17.1. The van der Waals surface area contributed by atoms with Crippen LogP contribution in [0.15, 0.2) is 42.6 Å². The smallest absolute Gasteiger partial charge is 0.272 e. The molecule has 0 spiro atoms. The molecule has 0 atom stereocenters. The van der Waals surface area contributed by atoms with Crippen molar-refractivity contribution in [1.29, 1.82) is 0 Å². The van der Waals surface area contributed by atoms with E-state index in [4.69, 9.17) is 9.47 Å². The van der Waals surface area contributed by atoms with Gasteiger partial charge in [0.05, 0.1) is 5.69 Å². The van der Waals surface area contributed by atoms with Crippen LogP contribution in [0.1, 0.15) is 21.7 Å². The van der Waals surface area contributed by atoms with Gasteiger partial charge in [-0.05, 0) is 36.8 Å². The lowest BCUT2D eigenvalue weighted by molar-refractivity contribution is 0.0621. The predicted molar refractivity (Wildman–Crippen MR) is 104 cm³/mol. The maximum absolute atomic E-state index is 13.1. The van der Waals surface area contributed by atoms with Crippen molar-refractivity contribution in [3.05, 3.63) is 59.5 Å². The number of aromatic nitrogens is 2. The van der Waals surface area contributed by atoms with Crippen LogP contribution in [0, 0.1) is 6.92 Å². The molecule has 1 fully saturated rings. The molecule has 0 saturated carbocycles. The summed E-state index contributed by atoms with van der Waals surface area (Å²) in [6, 6.07) is 11.9. The molecule has 3 aromatic rings. The van der Waals surface area contributed by atoms with Gasteiger partial charge in [-0.3, -0.25) is 14.1 Å². The van der Waals surface area contributed by atoms with Crippen molar-refractivity contribution < 1.29 is 14.3 Å². The first-order valence-corrected chi connectivity index (χ1v) is 9.53. The summed E-state index contributed by atoms with van der Waals surface area (Å²) < 4.78 is 12.7. The van der Waals surface area contributed by atoms with E-state index in [-0.39, 0.29) is 5.91 Å². The Hall–Kier alpha value is -3.06. The molecular formula is C21H22N4O3. The highest BCUT2D eigenvalue weighted by atomic mass is 16.7. The summed E-state index contributed by atoms with van der Waals surface area (Å²) in [5.74, 6) is 1.68. The van der Waals surface area contributed by atoms with Gasteiger partial charge in [-0.1, -0.05) is 12.1 Å². The van der Waals surface area contributed by atoms with E-state index >= 15 is 0 Å². The number of rotatable bonds is 3. The van der Waals surface area contributed by atoms with Crippen LogP contribution in [-0.4, -0.2) is 58.1 Å². The molecule has 1 saturated heterocycles. The minimum Gasteiger partial charge on any atom is -0.454 e. The van der Waals surface area contributed by atoms with E-state index < -0.39 is 0 Å². The first-order chi connectivity index (χ1) is 13.7. The van der Waals surface area contributed by atoms with E-state index in [1.807, 2.05) is 52.8 Å². The Morgan fingerprint density at radius 1 is 1.07 bits per heavy atom. The lowest BCUT2D eigenvalue weighted by atomic mass is 10.1. The van der Waals surface area contributed by atoms with Gasteiger partial charge >= 0.3 is 0 Å². The Morgan fingerprint density at radius 2 is 1.89 bits per heavy atom. The molecule has 1 amide bonds. The molecule has 0 radical (unpaired) electrons. The monoisotopic (exact) mass is 378 g/mol. The number of nitrogens with zero attached hydrogens (tertiary/aromatic N) is 4. The zero-order chi connectivity index (χ0) is 19.1. The summed E-state index contributed by atoms with van der Waals surface area (Å²) in [6.45, 7) is 6.14. The topological polar surface area (TPSA) is 59.3 Å². The second kappa shape index (κ2) is 6.83. The largest absolute Gasteiger partial charge is 0.454 e. The molecule has 0 bridgehead atoms. The minimum atomic E-state index is 0.0546. The van der Waals surface area contributed by atoms with Crippen molar-refractivity contribution in [3.8, 4) is 11.5 Å². The van der Waals surface area contributed by atoms with Crippen LogP contribution in [0.2, 0.25) is 0 Å². The van der Waals surface area contributed by atoms with E-state index in [1.165, 1.54) is 5.56 Å². The summed E-state index contributed by atoms with van der Waals surface area (Å²) >= 11 is 0. The van der Waals surface area contributed by atoms with E-state index in [2.05, 4.69) is 16.0 Å². The molecule has 0 aliphatic carbocycles. The second-order valence-electron chi connectivity index (χ2n) is 7.23. The number of hydrogen-bond donors (Lipinski definition) is 0. The molecule has 0 N–H and O–H groups in total. The molecule has 4 heterocycles. The van der Waals surface area contributed by atoms with Crippen molar-refractivity contribution >= 4 is 11.6 Å². The standard InChI is InChI=1S/C21H22N4O3/c1-15-20(25-7-3-2-4-19(25)22-15)21(26)24-10-8-23(9-11-24)13-16-5-6-17-18(12-16)28-14-27-17/h2-7,12H,8-11,13-14H2,1H3. The van der Waals surface area contributed by atoms with Crippen LogP contribution in [-0.2, 0) is 6.54 Å². The number of ether oxygens (including phenoxy) is 2. The minimum absolute atomic E-state index is 0.0546. The van der Waals surface area contributed by atoms with E-state index in [0.29, 0.717) is 25.6 Å². The van der Waals surface area contributed by atoms with Crippen LogP contribution >= 0.6 is 0 Å². The van der Waals surface area contributed by atoms with Crippen LogP contribution in [0.25, 0.3) is 5.65 Å². The summed E-state index contributed by atoms with van der Waals surface area (Å²) in [5.41, 5.74) is 3.45. The lowest BCUT2D eigenvalue weighted by Gasteiger charge is -2.34. The number of piperazine rings is 1. The molecule has 28 heavy (non-hydrogen) atoms. The summed E-state index contributed by atoms with van der Waals surface area (Å²) in [4.78, 5) is 21.9. The molecule has 2 aromatic heterocycles. The molecule has 2 aliphatic rings. The second-order valence-corrected chi connectivity index (χ2v) is 7.23. The van der Waals surface area contributed by atoms with Crippen LogP contribution in [0.3, 0.4) is 0 Å². The molecule has 1 aromatic carbocycles. The van der Waals surface area contributed by atoms with Gasteiger partial charge in [-0.25, -0.2) is 4.98 Å². The normalized spacial score (nSPS) is 16.7. The quantitative estimate of drug-likeness (QED) is 0.700. The fourth-order valence-corrected chi connectivity index (χ4v) is 3.93. The maximum Gasteiger partial charge on any atom is 0.272 e. The zero-order valence-corrected chi connectivity index (χ0v) is 15.8. The van der Waals surface area contributed by atoms with Gasteiger partial charge in [-0.2, -0.15) is 0 Å². The number of carbonyl (C=O) groups is 1. The van der Waals surface area contributed by atoms with Crippen molar-refractivity contribution in [2.24, 2.45) is 0 Å². The van der Waals surface area contributed by atoms with Crippen molar-refractivity contribution in [2.45, 2.75) is 13.5 Å². The van der Waals surface area contributed by atoms with E-state index in [0.717, 1.165) is 42.5 Å². The highest BCUT2D eigenvalue weighted by Crippen LogP contribution is 2.32. The Balaban J connectivity index is 1.25. The summed E-state index contributed by atoms with van der Waals surface area (Å²) in [6.07, 6.45) is 1.90. The van der Waals surface area contributed by atoms with Gasteiger partial charge in [0.15, 0.2) is 11.5 Å². The van der Waals surface area contributed by atoms with Crippen molar-refractivity contribution in [3.63, 3.8) is 0 Å². The SMILES string of the molecule is Cc1nc2ccccn2c1C(=O)N1CCN(Cc2ccc3c(c2)OCO3)CC1. The third kappa shape index (κ3) is 2.97. The summed E-state index contributed by atoms with van der Waals surface area (Å²) in [7, 11) is 0. The number of fused-ring (bicyclic) bond motifs is 2. The van der Waals surface area contributed by atoms with Gasteiger partial charge in [-0.15, -0.1) is 0 Å². The van der Waals surface area contributed by atoms with Gasteiger partial charge < -0.3 is 14.4 Å². The zero-order valence-electron chi connectivity index (χ0n) is 15.8. The number of benzene rings is 1. The van der Waals surface area contributed by atoms with Gasteiger partial charge in [0, 0.05) is 38.9 Å². The van der Waals surface area contributed by atoms with Crippen LogP contribution in [0.5, 0.6) is 11.5 Å². The van der Waals surface area contributed by atoms with Crippen LogP contribution in [0.4, 0.5) is 0 Å². The number of pyridine rings is 1. The molecular weight excluding hydrogens is 356 g/mol. The number of aryl methyl sites for hydroxylation is 1. The van der Waals surface area contributed by atoms with Crippen molar-refractivity contribution in [2.75, 3.05) is 33.0 Å². The Labute approximate surface area is 163 Å². The molecule has 7 heteroatoms. The number of amides is 1. The third-order valence-corrected chi connectivity index (χ3v) is 5.41. The average Bonchev–Trinajstić information content (AvgIpc) is 3.31. The maximum atomic E-state index is 13.1. The van der Waals surface area contributed by atoms with E-state index in [9.17, 15) is 4.79 Å². The lowest BCUT2D eigenvalue weighted by Crippen LogP contribution is -2.48. The van der Waals surface area contributed by atoms with Crippen LogP contribution < -0.4 is 9.47 Å². The van der Waals surface area contributed by atoms with Gasteiger partial charge in [0.1, 0.15) is 11.3 Å². The van der Waals surface area contributed by atoms with Gasteiger partial charge in [0.2, 0.25) is 6.79 Å². The molecule has 0 unspecified atom stereocenters. The first-order valence-electron chi connectivity index (χ1n) is 9.53. The predicted octanol–water partition coefficient (Wildman–Crippen LogP) is 2.33. The molecule has 2 aliphatic heterocycles. The Bertz CT molecular complexity index is 1040.